The molecule has 2 N–H and O–H groups in total. The van der Waals surface area contributed by atoms with Crippen molar-refractivity contribution in [1.29, 1.82) is 0 Å². The fourth-order valence-electron chi connectivity index (χ4n) is 3.59. The van der Waals surface area contributed by atoms with E-state index in [1.807, 2.05) is 37.3 Å². The van der Waals surface area contributed by atoms with E-state index in [9.17, 15) is 14.9 Å². The highest BCUT2D eigenvalue weighted by Crippen LogP contribution is 2.18. The van der Waals surface area contributed by atoms with Crippen molar-refractivity contribution in [2.45, 2.75) is 13.3 Å². The summed E-state index contributed by atoms with van der Waals surface area (Å²) in [6.07, 6.45) is 1.32. The number of amides is 1. The van der Waals surface area contributed by atoms with Gasteiger partial charge in [-0.1, -0.05) is 29.8 Å². The van der Waals surface area contributed by atoms with E-state index in [2.05, 4.69) is 30.7 Å². The summed E-state index contributed by atoms with van der Waals surface area (Å²) in [7, 11) is 0. The lowest BCUT2D eigenvalue weighted by Gasteiger charge is -2.28. The summed E-state index contributed by atoms with van der Waals surface area (Å²) in [5.41, 5.74) is 5.39. The number of hydrogen-bond acceptors (Lipinski definition) is 10. The monoisotopic (exact) mass is 505 g/mol. The Morgan fingerprint density at radius 1 is 1.19 bits per heavy atom. The Labute approximate surface area is 213 Å². The summed E-state index contributed by atoms with van der Waals surface area (Å²) in [6.45, 7) is 4.69. The van der Waals surface area contributed by atoms with Crippen molar-refractivity contribution in [3.63, 3.8) is 0 Å². The molecule has 1 amide bonds. The van der Waals surface area contributed by atoms with Crippen LogP contribution in [-0.4, -0.2) is 60.1 Å². The maximum atomic E-state index is 12.1. The molecule has 4 rings (SSSR count). The van der Waals surface area contributed by atoms with E-state index in [0.717, 1.165) is 16.9 Å². The zero-order valence-electron chi connectivity index (χ0n) is 20.3. The highest BCUT2D eigenvalue weighted by atomic mass is 16.6. The molecule has 37 heavy (non-hydrogen) atoms. The Morgan fingerprint density at radius 3 is 2.70 bits per heavy atom. The van der Waals surface area contributed by atoms with Crippen LogP contribution in [0.3, 0.4) is 0 Å². The number of benzene rings is 2. The van der Waals surface area contributed by atoms with Crippen LogP contribution in [0.5, 0.6) is 0 Å². The number of non-ortho nitro benzene ring substituents is 1. The molecule has 1 fully saturated rings. The zero-order chi connectivity index (χ0) is 26.0. The van der Waals surface area contributed by atoms with Gasteiger partial charge in [-0.2, -0.15) is 5.10 Å². The first-order chi connectivity index (χ1) is 18.0. The second-order valence-corrected chi connectivity index (χ2v) is 8.23. The van der Waals surface area contributed by atoms with Crippen molar-refractivity contribution in [2.75, 3.05) is 48.6 Å². The van der Waals surface area contributed by atoms with Crippen LogP contribution in [0.25, 0.3) is 0 Å². The molecule has 1 aliphatic heterocycles. The summed E-state index contributed by atoms with van der Waals surface area (Å²) >= 11 is 0. The minimum absolute atomic E-state index is 0.0391. The molecular weight excluding hydrogens is 478 g/mol. The SMILES string of the molecule is Cc1cccc(/C=N/Nc2cc(N3CCOCC3)nc(CCOC(=O)Nc3ccc([N+](=O)[O-])cc3)n2)c1. The summed E-state index contributed by atoms with van der Waals surface area (Å²) in [6, 6.07) is 15.3. The fraction of sp³-hybridized carbons (Fsp3) is 0.280. The molecule has 0 atom stereocenters. The standard InChI is InChI=1S/C25H27N7O5/c1-18-3-2-4-19(15-18)17-26-30-23-16-24(31-10-13-36-14-11-31)29-22(28-23)9-12-37-25(33)27-20-5-7-21(8-6-20)32(34)35/h2-8,15-17H,9-14H2,1H3,(H,27,33)(H,28,29,30)/b26-17+. The Hall–Kier alpha value is -4.58. The van der Waals surface area contributed by atoms with Crippen molar-refractivity contribution in [1.82, 2.24) is 9.97 Å². The number of aromatic nitrogens is 2. The molecule has 12 heteroatoms. The van der Waals surface area contributed by atoms with Gasteiger partial charge in [0.2, 0.25) is 0 Å². The first kappa shape index (κ1) is 25.5. The van der Waals surface area contributed by atoms with Gasteiger partial charge < -0.3 is 14.4 Å². The number of morpholine rings is 1. The van der Waals surface area contributed by atoms with Crippen molar-refractivity contribution < 1.29 is 19.2 Å². The lowest BCUT2D eigenvalue weighted by Crippen LogP contribution is -2.37. The number of carbonyl (C=O) groups excluding carboxylic acids is 1. The van der Waals surface area contributed by atoms with Crippen molar-refractivity contribution >= 4 is 35.3 Å². The number of nitrogens with one attached hydrogen (secondary N) is 2. The van der Waals surface area contributed by atoms with Crippen LogP contribution in [-0.2, 0) is 15.9 Å². The van der Waals surface area contributed by atoms with Crippen LogP contribution in [0.2, 0.25) is 0 Å². The van der Waals surface area contributed by atoms with Gasteiger partial charge in [0.25, 0.3) is 5.69 Å². The van der Waals surface area contributed by atoms with E-state index >= 15 is 0 Å². The molecule has 3 aromatic rings. The molecule has 2 aromatic carbocycles. The van der Waals surface area contributed by atoms with Gasteiger partial charge in [0, 0.05) is 43.4 Å². The fourth-order valence-corrected chi connectivity index (χ4v) is 3.59. The first-order valence-corrected chi connectivity index (χ1v) is 11.7. The Bertz CT molecular complexity index is 1260. The van der Waals surface area contributed by atoms with Crippen LogP contribution >= 0.6 is 0 Å². The maximum Gasteiger partial charge on any atom is 0.411 e. The second-order valence-electron chi connectivity index (χ2n) is 8.23. The van der Waals surface area contributed by atoms with Crippen LogP contribution in [0.4, 0.5) is 27.8 Å². The number of nitrogens with zero attached hydrogens (tertiary/aromatic N) is 5. The average Bonchev–Trinajstić information content (AvgIpc) is 2.89. The third-order valence-electron chi connectivity index (χ3n) is 5.41. The lowest BCUT2D eigenvalue weighted by atomic mass is 10.2. The van der Waals surface area contributed by atoms with Gasteiger partial charge in [0.1, 0.15) is 18.2 Å². The van der Waals surface area contributed by atoms with Crippen LogP contribution in [0.1, 0.15) is 17.0 Å². The minimum atomic E-state index is -0.681. The van der Waals surface area contributed by atoms with Gasteiger partial charge in [-0.05, 0) is 24.6 Å². The van der Waals surface area contributed by atoms with Crippen molar-refractivity contribution in [3.8, 4) is 0 Å². The summed E-state index contributed by atoms with van der Waals surface area (Å²) < 4.78 is 10.7. The predicted molar refractivity (Wildman–Crippen MR) is 139 cm³/mol. The number of hydrazone groups is 1. The molecule has 12 nitrogen and oxygen atoms in total. The van der Waals surface area contributed by atoms with Crippen LogP contribution in [0, 0.1) is 17.0 Å². The third-order valence-corrected chi connectivity index (χ3v) is 5.41. The molecule has 192 valence electrons. The molecule has 0 aliphatic carbocycles. The number of hydrogen-bond donors (Lipinski definition) is 2. The first-order valence-electron chi connectivity index (χ1n) is 11.7. The van der Waals surface area contributed by atoms with Crippen LogP contribution in [0.15, 0.2) is 59.7 Å². The van der Waals surface area contributed by atoms with Crippen LogP contribution < -0.4 is 15.6 Å². The Kier molecular flexibility index (Phi) is 8.55. The highest BCUT2D eigenvalue weighted by Gasteiger charge is 2.15. The van der Waals surface area contributed by atoms with E-state index in [4.69, 9.17) is 9.47 Å². The van der Waals surface area contributed by atoms with Gasteiger partial charge in [0.05, 0.1) is 24.4 Å². The number of anilines is 3. The molecule has 1 aliphatic rings. The topological polar surface area (TPSA) is 144 Å². The number of rotatable bonds is 9. The Balaban J connectivity index is 1.38. The molecule has 0 spiro atoms. The summed E-state index contributed by atoms with van der Waals surface area (Å²) in [5.74, 6) is 1.74. The molecule has 0 saturated carbocycles. The van der Waals surface area contributed by atoms with Gasteiger partial charge in [-0.25, -0.2) is 14.8 Å². The highest BCUT2D eigenvalue weighted by molar-refractivity contribution is 5.84. The zero-order valence-corrected chi connectivity index (χ0v) is 20.3. The average molecular weight is 506 g/mol. The van der Waals surface area contributed by atoms with E-state index in [1.165, 1.54) is 24.3 Å². The normalized spacial score (nSPS) is 13.4. The Morgan fingerprint density at radius 2 is 1.97 bits per heavy atom. The number of nitro groups is 1. The number of nitro benzene ring substituents is 1. The van der Waals surface area contributed by atoms with Gasteiger partial charge in [-0.3, -0.25) is 20.9 Å². The van der Waals surface area contributed by atoms with Gasteiger partial charge >= 0.3 is 6.09 Å². The molecule has 0 unspecified atom stereocenters. The van der Waals surface area contributed by atoms with Crippen molar-refractivity contribution in [2.24, 2.45) is 5.10 Å². The molecule has 1 aromatic heterocycles. The van der Waals surface area contributed by atoms with Gasteiger partial charge in [-0.15, -0.1) is 0 Å². The van der Waals surface area contributed by atoms with E-state index in [1.54, 1.807) is 6.21 Å². The maximum absolute atomic E-state index is 12.1. The minimum Gasteiger partial charge on any atom is -0.449 e. The molecular formula is C25H27N7O5. The molecule has 0 radical (unpaired) electrons. The number of aryl methyl sites for hydroxylation is 1. The molecule has 1 saturated heterocycles. The van der Waals surface area contributed by atoms with Gasteiger partial charge in [0.15, 0.2) is 5.82 Å². The second kappa shape index (κ2) is 12.4. The van der Waals surface area contributed by atoms with E-state index in [0.29, 0.717) is 43.6 Å². The van der Waals surface area contributed by atoms with Crippen molar-refractivity contribution in [3.05, 3.63) is 81.7 Å². The van der Waals surface area contributed by atoms with E-state index in [-0.39, 0.29) is 18.7 Å². The number of carbonyl (C=O) groups is 1. The molecule has 2 heterocycles. The lowest BCUT2D eigenvalue weighted by molar-refractivity contribution is -0.384. The molecule has 0 bridgehead atoms. The predicted octanol–water partition coefficient (Wildman–Crippen LogP) is 3.77. The number of ether oxygens (including phenoxy) is 2. The summed E-state index contributed by atoms with van der Waals surface area (Å²) in [4.78, 5) is 33.6. The van der Waals surface area contributed by atoms with E-state index < -0.39 is 11.0 Å². The third kappa shape index (κ3) is 7.70. The largest absolute Gasteiger partial charge is 0.449 e. The quantitative estimate of drug-likeness (QED) is 0.252. The smallest absolute Gasteiger partial charge is 0.411 e. The summed E-state index contributed by atoms with van der Waals surface area (Å²) in [5, 5.41) is 17.6.